The quantitative estimate of drug-likeness (QED) is 0.865. The second kappa shape index (κ2) is 4.75. The molecule has 0 fully saturated rings. The van der Waals surface area contributed by atoms with Gasteiger partial charge in [-0.3, -0.25) is 4.79 Å². The summed E-state index contributed by atoms with van der Waals surface area (Å²) in [5, 5.41) is 9.30. The van der Waals surface area contributed by atoms with E-state index in [4.69, 9.17) is 16.7 Å². The van der Waals surface area contributed by atoms with Gasteiger partial charge < -0.3 is 5.11 Å². The molecule has 1 N–H and O–H groups in total. The summed E-state index contributed by atoms with van der Waals surface area (Å²) in [5.41, 5.74) is 0.713. The number of carbonyl (C=O) groups is 1. The van der Waals surface area contributed by atoms with Crippen LogP contribution >= 0.6 is 27.5 Å². The van der Waals surface area contributed by atoms with Crippen molar-refractivity contribution in [3.05, 3.63) is 34.1 Å². The zero-order valence-corrected chi connectivity index (χ0v) is 9.40. The van der Waals surface area contributed by atoms with Crippen molar-refractivity contribution in [1.29, 1.82) is 0 Å². The molecule has 0 amide bonds. The number of aliphatic carboxylic acids is 1. The van der Waals surface area contributed by atoms with Crippen molar-refractivity contribution in [2.45, 2.75) is 11.8 Å². The minimum absolute atomic E-state index is 0.104. The van der Waals surface area contributed by atoms with Crippen LogP contribution in [0.4, 0.5) is 4.39 Å². The molecule has 0 aliphatic heterocycles. The van der Waals surface area contributed by atoms with E-state index in [0.29, 0.717) is 15.9 Å². The van der Waals surface area contributed by atoms with Crippen LogP contribution in [-0.4, -0.2) is 11.1 Å². The first-order valence-corrected chi connectivity index (χ1v) is 5.29. The smallest absolute Gasteiger partial charge is 0.307 e. The summed E-state index contributed by atoms with van der Waals surface area (Å²) in [7, 11) is 0. The van der Waals surface area contributed by atoms with Crippen LogP contribution in [0.15, 0.2) is 12.1 Å². The van der Waals surface area contributed by atoms with E-state index in [1.54, 1.807) is 0 Å². The van der Waals surface area contributed by atoms with Gasteiger partial charge in [0, 0.05) is 15.9 Å². The second-order valence-corrected chi connectivity index (χ2v) is 3.71. The molecule has 0 saturated carbocycles. The maximum absolute atomic E-state index is 13.2. The van der Waals surface area contributed by atoms with Gasteiger partial charge in [-0.05, 0) is 17.7 Å². The molecular formula is C9H7BrClFO2. The van der Waals surface area contributed by atoms with Gasteiger partial charge in [0.2, 0.25) is 0 Å². The molecule has 0 aliphatic rings. The number of carboxylic acid groups (broad SMARTS) is 1. The fraction of sp³-hybridized carbons (Fsp3) is 0.222. The van der Waals surface area contributed by atoms with Crippen LogP contribution in [0.5, 0.6) is 0 Å². The first kappa shape index (κ1) is 11.5. The molecule has 1 aromatic carbocycles. The van der Waals surface area contributed by atoms with Gasteiger partial charge >= 0.3 is 5.97 Å². The number of hydrogen-bond donors (Lipinski definition) is 1. The minimum atomic E-state index is -1.08. The standard InChI is InChI=1S/C9H7BrClFO2/c10-4-6-2-8(12)5(1-7(6)11)3-9(13)14/h1-2H,3-4H2,(H,13,14). The van der Waals surface area contributed by atoms with Crippen molar-refractivity contribution in [3.8, 4) is 0 Å². The van der Waals surface area contributed by atoms with E-state index >= 15 is 0 Å². The van der Waals surface area contributed by atoms with Crippen LogP contribution in [0.2, 0.25) is 5.02 Å². The lowest BCUT2D eigenvalue weighted by atomic mass is 10.1. The number of benzene rings is 1. The molecule has 0 aromatic heterocycles. The van der Waals surface area contributed by atoms with Crippen molar-refractivity contribution in [2.24, 2.45) is 0 Å². The van der Waals surface area contributed by atoms with Crippen molar-refractivity contribution in [1.82, 2.24) is 0 Å². The topological polar surface area (TPSA) is 37.3 Å². The number of hydrogen-bond acceptors (Lipinski definition) is 1. The molecule has 1 rings (SSSR count). The van der Waals surface area contributed by atoms with Crippen LogP contribution in [0.25, 0.3) is 0 Å². The molecule has 1 aromatic rings. The Bertz CT molecular complexity index is 368. The SMILES string of the molecule is O=C(O)Cc1cc(Cl)c(CBr)cc1F. The Morgan fingerprint density at radius 2 is 2.14 bits per heavy atom. The highest BCUT2D eigenvalue weighted by atomic mass is 79.9. The highest BCUT2D eigenvalue weighted by molar-refractivity contribution is 9.08. The average Bonchev–Trinajstić information content (AvgIpc) is 2.10. The van der Waals surface area contributed by atoms with Crippen molar-refractivity contribution >= 4 is 33.5 Å². The molecular weight excluding hydrogens is 274 g/mol. The molecule has 0 heterocycles. The fourth-order valence-corrected chi connectivity index (χ4v) is 1.91. The Kier molecular flexibility index (Phi) is 3.89. The van der Waals surface area contributed by atoms with Gasteiger partial charge in [0.15, 0.2) is 0 Å². The normalized spacial score (nSPS) is 10.2. The number of carboxylic acids is 1. The number of halogens is 3. The van der Waals surface area contributed by atoms with Crippen LogP contribution < -0.4 is 0 Å². The van der Waals surface area contributed by atoms with E-state index in [1.165, 1.54) is 12.1 Å². The molecule has 0 radical (unpaired) electrons. The van der Waals surface area contributed by atoms with Gasteiger partial charge in [-0.15, -0.1) is 0 Å². The van der Waals surface area contributed by atoms with Crippen LogP contribution in [-0.2, 0) is 16.5 Å². The zero-order chi connectivity index (χ0) is 10.7. The van der Waals surface area contributed by atoms with E-state index in [-0.39, 0.29) is 12.0 Å². The molecule has 0 saturated heterocycles. The molecule has 14 heavy (non-hydrogen) atoms. The average molecular weight is 282 g/mol. The van der Waals surface area contributed by atoms with E-state index in [1.807, 2.05) is 0 Å². The van der Waals surface area contributed by atoms with Gasteiger partial charge in [0.1, 0.15) is 5.82 Å². The third-order valence-corrected chi connectivity index (χ3v) is 2.66. The molecule has 2 nitrogen and oxygen atoms in total. The third kappa shape index (κ3) is 2.69. The Hall–Kier alpha value is -0.610. The van der Waals surface area contributed by atoms with Crippen molar-refractivity contribution in [3.63, 3.8) is 0 Å². The van der Waals surface area contributed by atoms with Crippen LogP contribution in [0.1, 0.15) is 11.1 Å². The number of rotatable bonds is 3. The maximum atomic E-state index is 13.2. The minimum Gasteiger partial charge on any atom is -0.481 e. The van der Waals surface area contributed by atoms with Crippen LogP contribution in [0, 0.1) is 5.82 Å². The zero-order valence-electron chi connectivity index (χ0n) is 7.06. The summed E-state index contributed by atoms with van der Waals surface area (Å²) in [6.45, 7) is 0. The summed E-state index contributed by atoms with van der Waals surface area (Å²) >= 11 is 8.95. The number of alkyl halides is 1. The molecule has 0 bridgehead atoms. The highest BCUT2D eigenvalue weighted by Gasteiger charge is 2.10. The summed E-state index contributed by atoms with van der Waals surface area (Å²) in [6, 6.07) is 2.59. The van der Waals surface area contributed by atoms with E-state index in [0.717, 1.165) is 0 Å². The lowest BCUT2D eigenvalue weighted by Crippen LogP contribution is -2.03. The van der Waals surface area contributed by atoms with E-state index in [9.17, 15) is 9.18 Å². The maximum Gasteiger partial charge on any atom is 0.307 e. The summed E-state index contributed by atoms with van der Waals surface area (Å²) in [6.07, 6.45) is -0.353. The summed E-state index contributed by atoms with van der Waals surface area (Å²) < 4.78 is 13.2. The van der Waals surface area contributed by atoms with Gasteiger partial charge in [-0.2, -0.15) is 0 Å². The monoisotopic (exact) mass is 280 g/mol. The van der Waals surface area contributed by atoms with Crippen molar-refractivity contribution < 1.29 is 14.3 Å². The lowest BCUT2D eigenvalue weighted by molar-refractivity contribution is -0.136. The lowest BCUT2D eigenvalue weighted by Gasteiger charge is -2.04. The molecule has 0 spiro atoms. The second-order valence-electron chi connectivity index (χ2n) is 2.74. The Labute approximate surface area is 93.8 Å². The van der Waals surface area contributed by atoms with Gasteiger partial charge in [0.05, 0.1) is 6.42 Å². The van der Waals surface area contributed by atoms with Gasteiger partial charge in [-0.25, -0.2) is 4.39 Å². The first-order valence-electron chi connectivity index (χ1n) is 3.79. The summed E-state index contributed by atoms with van der Waals surface area (Å²) in [5.74, 6) is -1.61. The van der Waals surface area contributed by atoms with Crippen LogP contribution in [0.3, 0.4) is 0 Å². The predicted octanol–water partition coefficient (Wildman–Crippen LogP) is 3.00. The van der Waals surface area contributed by atoms with Gasteiger partial charge in [-0.1, -0.05) is 27.5 Å². The Morgan fingerprint density at radius 3 is 2.64 bits per heavy atom. The third-order valence-electron chi connectivity index (χ3n) is 1.70. The van der Waals surface area contributed by atoms with Crippen molar-refractivity contribution in [2.75, 3.05) is 0 Å². The largest absolute Gasteiger partial charge is 0.481 e. The molecule has 5 heteroatoms. The predicted molar refractivity (Wildman–Crippen MR) is 55.4 cm³/mol. The highest BCUT2D eigenvalue weighted by Crippen LogP contribution is 2.23. The van der Waals surface area contributed by atoms with Gasteiger partial charge in [0.25, 0.3) is 0 Å². The Balaban J connectivity index is 3.08. The first-order chi connectivity index (χ1) is 6.54. The Morgan fingerprint density at radius 1 is 1.50 bits per heavy atom. The molecule has 76 valence electrons. The van der Waals surface area contributed by atoms with E-state index in [2.05, 4.69) is 15.9 Å². The van der Waals surface area contributed by atoms with E-state index < -0.39 is 11.8 Å². The molecule has 0 unspecified atom stereocenters. The summed E-state index contributed by atoms with van der Waals surface area (Å²) in [4.78, 5) is 10.4. The molecule has 0 aliphatic carbocycles. The molecule has 0 atom stereocenters. The fourth-order valence-electron chi connectivity index (χ4n) is 1.03.